The van der Waals surface area contributed by atoms with Crippen LogP contribution in [-0.2, 0) is 5.41 Å². The lowest BCUT2D eigenvalue weighted by molar-refractivity contribution is 0.102. The van der Waals surface area contributed by atoms with Crippen LogP contribution in [0.1, 0.15) is 29.8 Å². The Bertz CT molecular complexity index is 1390. The van der Waals surface area contributed by atoms with Gasteiger partial charge in [-0.3, -0.25) is 4.79 Å². The number of amides is 1. The minimum absolute atomic E-state index is 0.289. The standard InChI is InChI=1S/C25H22N4O3S/c1-25(2,14-26)16-6-4-5-15(11-16)23(30)28-17-7-10-20(31-3)21(12-17)32-18-8-9-19-22(13-18)33-24(27)29-19/h4-13H,1-3H3,(H2,27,29)(H,28,30). The molecule has 8 heteroatoms. The molecule has 0 spiro atoms. The Morgan fingerprint density at radius 2 is 1.94 bits per heavy atom. The van der Waals surface area contributed by atoms with E-state index in [0.717, 1.165) is 15.8 Å². The average Bonchev–Trinajstić information content (AvgIpc) is 3.18. The molecule has 0 fully saturated rings. The zero-order valence-corrected chi connectivity index (χ0v) is 19.2. The number of nitrogen functional groups attached to an aromatic ring is 1. The summed E-state index contributed by atoms with van der Waals surface area (Å²) in [7, 11) is 1.55. The first-order valence-electron chi connectivity index (χ1n) is 10.1. The van der Waals surface area contributed by atoms with Crippen molar-refractivity contribution >= 4 is 38.3 Å². The van der Waals surface area contributed by atoms with Crippen LogP contribution in [0.25, 0.3) is 10.2 Å². The predicted molar refractivity (Wildman–Crippen MR) is 130 cm³/mol. The Morgan fingerprint density at radius 3 is 2.70 bits per heavy atom. The maximum atomic E-state index is 12.9. The third-order valence-electron chi connectivity index (χ3n) is 5.15. The summed E-state index contributed by atoms with van der Waals surface area (Å²) in [5, 5.41) is 12.8. The topological polar surface area (TPSA) is 110 Å². The summed E-state index contributed by atoms with van der Waals surface area (Å²) in [4.78, 5) is 17.1. The van der Waals surface area contributed by atoms with Crippen molar-refractivity contribution < 1.29 is 14.3 Å². The molecule has 3 aromatic carbocycles. The lowest BCUT2D eigenvalue weighted by Gasteiger charge is -2.17. The van der Waals surface area contributed by atoms with Gasteiger partial charge in [0, 0.05) is 23.4 Å². The Balaban J connectivity index is 1.58. The summed E-state index contributed by atoms with van der Waals surface area (Å²) in [6, 6.07) is 20.0. The third-order valence-corrected chi connectivity index (χ3v) is 6.00. The summed E-state index contributed by atoms with van der Waals surface area (Å²) < 4.78 is 12.4. The van der Waals surface area contributed by atoms with Gasteiger partial charge in [0.2, 0.25) is 0 Å². The van der Waals surface area contributed by atoms with E-state index in [1.165, 1.54) is 11.3 Å². The summed E-state index contributed by atoms with van der Waals surface area (Å²) in [6.45, 7) is 3.63. The van der Waals surface area contributed by atoms with E-state index in [0.29, 0.717) is 33.6 Å². The van der Waals surface area contributed by atoms with Gasteiger partial charge in [0.1, 0.15) is 5.75 Å². The molecule has 0 aliphatic heterocycles. The van der Waals surface area contributed by atoms with Gasteiger partial charge in [-0.2, -0.15) is 5.26 Å². The van der Waals surface area contributed by atoms with E-state index in [1.54, 1.807) is 49.6 Å². The first kappa shape index (κ1) is 22.1. The van der Waals surface area contributed by atoms with Crippen molar-refractivity contribution in [3.63, 3.8) is 0 Å². The van der Waals surface area contributed by atoms with Crippen LogP contribution in [-0.4, -0.2) is 18.0 Å². The summed E-state index contributed by atoms with van der Waals surface area (Å²) in [5.74, 6) is 1.28. The maximum Gasteiger partial charge on any atom is 0.255 e. The number of nitrogens with one attached hydrogen (secondary N) is 1. The highest BCUT2D eigenvalue weighted by molar-refractivity contribution is 7.22. The number of carbonyl (C=O) groups excluding carboxylic acids is 1. The molecule has 1 heterocycles. The highest BCUT2D eigenvalue weighted by Gasteiger charge is 2.21. The molecule has 7 nitrogen and oxygen atoms in total. The number of hydrogen-bond donors (Lipinski definition) is 2. The van der Waals surface area contributed by atoms with Gasteiger partial charge < -0.3 is 20.5 Å². The number of carbonyl (C=O) groups is 1. The molecule has 166 valence electrons. The van der Waals surface area contributed by atoms with Crippen molar-refractivity contribution in [1.29, 1.82) is 5.26 Å². The second kappa shape index (κ2) is 8.81. The van der Waals surface area contributed by atoms with Gasteiger partial charge >= 0.3 is 0 Å². The molecule has 1 aromatic heterocycles. The fourth-order valence-electron chi connectivity index (χ4n) is 3.26. The largest absolute Gasteiger partial charge is 0.493 e. The Kier molecular flexibility index (Phi) is 5.90. The smallest absolute Gasteiger partial charge is 0.255 e. The predicted octanol–water partition coefficient (Wildman–Crippen LogP) is 5.73. The second-order valence-corrected chi connectivity index (χ2v) is 8.98. The van der Waals surface area contributed by atoms with Crippen LogP contribution >= 0.6 is 11.3 Å². The highest BCUT2D eigenvalue weighted by atomic mass is 32.1. The van der Waals surface area contributed by atoms with Gasteiger partial charge in [0.15, 0.2) is 16.6 Å². The number of hydrogen-bond acceptors (Lipinski definition) is 7. The number of anilines is 2. The maximum absolute atomic E-state index is 12.9. The average molecular weight is 459 g/mol. The Hall–Kier alpha value is -4.09. The molecule has 0 aliphatic rings. The molecule has 0 aliphatic carbocycles. The van der Waals surface area contributed by atoms with E-state index in [4.69, 9.17) is 15.2 Å². The molecule has 4 aromatic rings. The molecule has 0 saturated carbocycles. The number of nitrogens with two attached hydrogens (primary N) is 1. The van der Waals surface area contributed by atoms with E-state index in [2.05, 4.69) is 16.4 Å². The summed E-state index contributed by atoms with van der Waals surface area (Å²) in [6.07, 6.45) is 0. The number of methoxy groups -OCH3 is 1. The van der Waals surface area contributed by atoms with Crippen molar-refractivity contribution in [2.75, 3.05) is 18.2 Å². The molecule has 0 bridgehead atoms. The first-order chi connectivity index (χ1) is 15.8. The van der Waals surface area contributed by atoms with Crippen LogP contribution in [0.2, 0.25) is 0 Å². The van der Waals surface area contributed by atoms with Crippen LogP contribution in [0, 0.1) is 11.3 Å². The quantitative estimate of drug-likeness (QED) is 0.382. The Labute approximate surface area is 195 Å². The number of fused-ring (bicyclic) bond motifs is 1. The van der Waals surface area contributed by atoms with Crippen LogP contribution in [0.4, 0.5) is 10.8 Å². The van der Waals surface area contributed by atoms with Crippen molar-refractivity contribution in [3.05, 3.63) is 71.8 Å². The highest BCUT2D eigenvalue weighted by Crippen LogP contribution is 2.36. The van der Waals surface area contributed by atoms with E-state index < -0.39 is 5.41 Å². The van der Waals surface area contributed by atoms with Gasteiger partial charge in [-0.25, -0.2) is 4.98 Å². The number of rotatable bonds is 6. The van der Waals surface area contributed by atoms with Gasteiger partial charge in [-0.05, 0) is 55.8 Å². The van der Waals surface area contributed by atoms with Gasteiger partial charge in [0.25, 0.3) is 5.91 Å². The van der Waals surface area contributed by atoms with E-state index >= 15 is 0 Å². The molecular weight excluding hydrogens is 436 g/mol. The number of benzene rings is 3. The van der Waals surface area contributed by atoms with Crippen molar-refractivity contribution in [1.82, 2.24) is 4.98 Å². The van der Waals surface area contributed by atoms with Crippen molar-refractivity contribution in [3.8, 4) is 23.3 Å². The normalized spacial score (nSPS) is 11.1. The van der Waals surface area contributed by atoms with Crippen molar-refractivity contribution in [2.24, 2.45) is 0 Å². The van der Waals surface area contributed by atoms with Crippen LogP contribution in [0.15, 0.2) is 60.7 Å². The van der Waals surface area contributed by atoms with E-state index in [-0.39, 0.29) is 5.91 Å². The number of ether oxygens (including phenoxy) is 2. The number of thiazole rings is 1. The molecule has 3 N–H and O–H groups in total. The zero-order valence-electron chi connectivity index (χ0n) is 18.4. The minimum atomic E-state index is -0.693. The summed E-state index contributed by atoms with van der Waals surface area (Å²) >= 11 is 1.38. The lowest BCUT2D eigenvalue weighted by atomic mass is 9.85. The van der Waals surface area contributed by atoms with E-state index in [1.807, 2.05) is 32.0 Å². The molecular formula is C25H22N4O3S. The SMILES string of the molecule is COc1ccc(NC(=O)c2cccc(C(C)(C)C#N)c2)cc1Oc1ccc2nc(N)sc2c1. The molecule has 0 atom stereocenters. The van der Waals surface area contributed by atoms with Crippen LogP contribution < -0.4 is 20.5 Å². The van der Waals surface area contributed by atoms with Crippen LogP contribution in [0.5, 0.6) is 17.2 Å². The first-order valence-corrected chi connectivity index (χ1v) is 11.0. The fourth-order valence-corrected chi connectivity index (χ4v) is 4.03. The number of aromatic nitrogens is 1. The number of nitriles is 1. The molecule has 1 amide bonds. The lowest BCUT2D eigenvalue weighted by Crippen LogP contribution is -2.17. The molecule has 4 rings (SSSR count). The van der Waals surface area contributed by atoms with Gasteiger partial charge in [0.05, 0.1) is 28.8 Å². The number of nitrogens with zero attached hydrogens (tertiary/aromatic N) is 2. The third kappa shape index (κ3) is 4.73. The fraction of sp³-hybridized carbons (Fsp3) is 0.160. The minimum Gasteiger partial charge on any atom is -0.493 e. The monoisotopic (exact) mass is 458 g/mol. The van der Waals surface area contributed by atoms with Gasteiger partial charge in [-0.1, -0.05) is 23.5 Å². The molecule has 33 heavy (non-hydrogen) atoms. The van der Waals surface area contributed by atoms with Crippen molar-refractivity contribution in [2.45, 2.75) is 19.3 Å². The molecule has 0 saturated heterocycles. The van der Waals surface area contributed by atoms with E-state index in [9.17, 15) is 10.1 Å². The van der Waals surface area contributed by atoms with Crippen LogP contribution in [0.3, 0.4) is 0 Å². The summed E-state index contributed by atoms with van der Waals surface area (Å²) in [5.41, 5.74) is 7.68. The Morgan fingerprint density at radius 1 is 1.12 bits per heavy atom. The zero-order chi connectivity index (χ0) is 23.6. The molecule has 0 radical (unpaired) electrons. The second-order valence-electron chi connectivity index (χ2n) is 7.92. The van der Waals surface area contributed by atoms with Gasteiger partial charge in [-0.15, -0.1) is 0 Å². The molecule has 0 unspecified atom stereocenters.